The highest BCUT2D eigenvalue weighted by atomic mass is 19.1. The van der Waals surface area contributed by atoms with Crippen LogP contribution in [0.1, 0.15) is 72.8 Å². The van der Waals surface area contributed by atoms with Crippen LogP contribution >= 0.6 is 0 Å². The Morgan fingerprint density at radius 3 is 2.59 bits per heavy atom. The van der Waals surface area contributed by atoms with Crippen LogP contribution in [-0.4, -0.2) is 66.6 Å². The highest BCUT2D eigenvalue weighted by Crippen LogP contribution is 2.65. The molecule has 3 aliphatic carbocycles. The van der Waals surface area contributed by atoms with Gasteiger partial charge in [0, 0.05) is 6.54 Å². The molecule has 39 heavy (non-hydrogen) atoms. The number of rotatable bonds is 5. The maximum atomic E-state index is 13.6. The van der Waals surface area contributed by atoms with E-state index in [1.807, 2.05) is 20.8 Å². The minimum absolute atomic E-state index is 0.0338. The van der Waals surface area contributed by atoms with E-state index in [9.17, 15) is 14.0 Å². The van der Waals surface area contributed by atoms with Gasteiger partial charge >= 0.3 is 19.3 Å². The molecule has 6 rings (SSSR count). The van der Waals surface area contributed by atoms with Crippen LogP contribution in [0.2, 0.25) is 0 Å². The summed E-state index contributed by atoms with van der Waals surface area (Å²) >= 11 is 0. The van der Waals surface area contributed by atoms with E-state index in [4.69, 9.17) is 18.8 Å². The highest BCUT2D eigenvalue weighted by molar-refractivity contribution is 6.47. The topological polar surface area (TPSA) is 86.3 Å². The van der Waals surface area contributed by atoms with Crippen molar-refractivity contribution in [3.63, 3.8) is 0 Å². The standard InChI is InChI=1S/C29H42BFN2O6/c1-27(2,3)37-26(35)33-13-7-8-21(17-33)36-25(34)32-24(14-18-9-11-20(31)12-10-18)30-38-23-16-19-15-22(28(19,4)5)29(23,6)39-30/h9-12,19,21-24H,7-8,13-17H2,1-6H3,(H,32,34)/t19-,21?,22?,23?,24?,29-/m0/s1. The fraction of sp³-hybridized carbons (Fsp3) is 0.724. The first kappa shape index (κ1) is 28.2. The molecule has 3 saturated carbocycles. The molecule has 10 heteroatoms. The fourth-order valence-electron chi connectivity index (χ4n) is 7.02. The van der Waals surface area contributed by atoms with Gasteiger partial charge in [-0.2, -0.15) is 0 Å². The van der Waals surface area contributed by atoms with Crippen LogP contribution in [0.5, 0.6) is 0 Å². The molecule has 4 unspecified atom stereocenters. The van der Waals surface area contributed by atoms with Gasteiger partial charge in [-0.1, -0.05) is 26.0 Å². The summed E-state index contributed by atoms with van der Waals surface area (Å²) in [6.45, 7) is 13.1. The van der Waals surface area contributed by atoms with E-state index < -0.39 is 42.6 Å². The summed E-state index contributed by atoms with van der Waals surface area (Å²) in [5, 5.41) is 2.99. The molecule has 1 N–H and O–H groups in total. The Hall–Kier alpha value is -2.33. The molecule has 2 amide bonds. The van der Waals surface area contributed by atoms with E-state index in [2.05, 4.69) is 26.1 Å². The summed E-state index contributed by atoms with van der Waals surface area (Å²) < 4.78 is 38.0. The number of halogens is 1. The van der Waals surface area contributed by atoms with Gasteiger partial charge in [0.1, 0.15) is 17.5 Å². The van der Waals surface area contributed by atoms with Crippen LogP contribution in [0.15, 0.2) is 24.3 Å². The number of ether oxygens (including phenoxy) is 2. The average molecular weight is 544 g/mol. The highest BCUT2D eigenvalue weighted by Gasteiger charge is 2.68. The minimum atomic E-state index is -0.655. The van der Waals surface area contributed by atoms with E-state index in [1.165, 1.54) is 12.1 Å². The van der Waals surface area contributed by atoms with Crippen molar-refractivity contribution in [2.45, 2.75) is 103 Å². The Balaban J connectivity index is 1.26. The van der Waals surface area contributed by atoms with Crippen molar-refractivity contribution < 1.29 is 32.8 Å². The van der Waals surface area contributed by atoms with Crippen LogP contribution in [0.4, 0.5) is 14.0 Å². The molecule has 8 nitrogen and oxygen atoms in total. The van der Waals surface area contributed by atoms with Crippen molar-refractivity contribution in [3.05, 3.63) is 35.6 Å². The first-order valence-corrected chi connectivity index (χ1v) is 14.3. The predicted molar refractivity (Wildman–Crippen MR) is 144 cm³/mol. The largest absolute Gasteiger partial charge is 0.482 e. The molecular formula is C29H42BFN2O6. The monoisotopic (exact) mass is 544 g/mol. The molecule has 1 aromatic carbocycles. The summed E-state index contributed by atoms with van der Waals surface area (Å²) in [6.07, 6.45) is 2.36. The van der Waals surface area contributed by atoms with E-state index in [0.29, 0.717) is 37.6 Å². The van der Waals surface area contributed by atoms with E-state index in [1.54, 1.807) is 17.0 Å². The van der Waals surface area contributed by atoms with Crippen LogP contribution in [0.3, 0.4) is 0 Å². The smallest absolute Gasteiger partial charge is 0.444 e. The summed E-state index contributed by atoms with van der Waals surface area (Å²) in [7, 11) is -0.655. The number of hydrogen-bond acceptors (Lipinski definition) is 6. The lowest BCUT2D eigenvalue weighted by atomic mass is 9.43. The summed E-state index contributed by atoms with van der Waals surface area (Å²) in [6, 6.07) is 6.23. The number of hydrogen-bond donors (Lipinski definition) is 1. The predicted octanol–water partition coefficient (Wildman–Crippen LogP) is 5.13. The molecule has 2 heterocycles. The Morgan fingerprint density at radius 1 is 1.21 bits per heavy atom. The Morgan fingerprint density at radius 2 is 1.92 bits per heavy atom. The van der Waals surface area contributed by atoms with Gasteiger partial charge < -0.3 is 29.0 Å². The number of carbonyl (C=O) groups is 2. The van der Waals surface area contributed by atoms with E-state index in [-0.39, 0.29) is 23.9 Å². The second kappa shape index (κ2) is 10.3. The zero-order valence-corrected chi connectivity index (χ0v) is 24.0. The normalized spacial score (nSPS) is 32.1. The molecule has 6 atom stereocenters. The van der Waals surface area contributed by atoms with Gasteiger partial charge in [0.25, 0.3) is 0 Å². The molecule has 1 aromatic rings. The summed E-state index contributed by atoms with van der Waals surface area (Å²) in [4.78, 5) is 27.3. The third kappa shape index (κ3) is 5.78. The Labute approximate surface area is 231 Å². The number of alkyl carbamates (subject to hydrolysis) is 1. The molecule has 5 fully saturated rings. The van der Waals surface area contributed by atoms with Gasteiger partial charge in [0.2, 0.25) is 0 Å². The first-order valence-electron chi connectivity index (χ1n) is 14.3. The maximum Gasteiger partial charge on any atom is 0.482 e. The average Bonchev–Trinajstić information content (AvgIpc) is 3.21. The van der Waals surface area contributed by atoms with Gasteiger partial charge in [0.15, 0.2) is 0 Å². The van der Waals surface area contributed by atoms with E-state index in [0.717, 1.165) is 18.4 Å². The number of amides is 2. The lowest BCUT2D eigenvalue weighted by Gasteiger charge is -2.64. The van der Waals surface area contributed by atoms with Crippen molar-refractivity contribution >= 4 is 19.3 Å². The Kier molecular flexibility index (Phi) is 7.42. The van der Waals surface area contributed by atoms with Crippen molar-refractivity contribution in [1.29, 1.82) is 0 Å². The lowest BCUT2D eigenvalue weighted by molar-refractivity contribution is -0.199. The number of likely N-dealkylation sites (tertiary alicyclic amines) is 1. The second-order valence-electron chi connectivity index (χ2n) is 13.5. The SMILES string of the molecule is CC(C)(C)OC(=O)N1CCCC(OC(=O)NC(Cc2ccc(F)cc2)B2OC3C[C@@H]4CC(C4(C)C)[C@]3(C)O2)C1. The van der Waals surface area contributed by atoms with Crippen LogP contribution < -0.4 is 5.32 Å². The molecule has 2 bridgehead atoms. The van der Waals surface area contributed by atoms with Crippen LogP contribution in [0, 0.1) is 23.1 Å². The van der Waals surface area contributed by atoms with Gasteiger partial charge in [0.05, 0.1) is 24.2 Å². The third-order valence-electron chi connectivity index (χ3n) is 9.27. The van der Waals surface area contributed by atoms with Crippen molar-refractivity contribution in [2.75, 3.05) is 13.1 Å². The van der Waals surface area contributed by atoms with Crippen molar-refractivity contribution in [1.82, 2.24) is 10.2 Å². The quantitative estimate of drug-likeness (QED) is 0.518. The van der Waals surface area contributed by atoms with Gasteiger partial charge in [-0.25, -0.2) is 14.0 Å². The number of carbonyl (C=O) groups excluding carboxylic acids is 2. The fourth-order valence-corrected chi connectivity index (χ4v) is 7.02. The molecule has 214 valence electrons. The first-order chi connectivity index (χ1) is 18.2. The zero-order valence-electron chi connectivity index (χ0n) is 24.0. The summed E-state index contributed by atoms with van der Waals surface area (Å²) in [5.74, 6) is 0.147. The molecule has 0 spiro atoms. The number of benzene rings is 1. The Bertz CT molecular complexity index is 1080. The minimum Gasteiger partial charge on any atom is -0.444 e. The lowest BCUT2D eigenvalue weighted by Crippen LogP contribution is -2.65. The van der Waals surface area contributed by atoms with Crippen molar-refractivity contribution in [2.24, 2.45) is 17.3 Å². The van der Waals surface area contributed by atoms with Crippen molar-refractivity contribution in [3.8, 4) is 0 Å². The van der Waals surface area contributed by atoms with Crippen LogP contribution in [-0.2, 0) is 25.2 Å². The molecule has 2 saturated heterocycles. The molecular weight excluding hydrogens is 502 g/mol. The van der Waals surface area contributed by atoms with Gasteiger partial charge in [-0.15, -0.1) is 0 Å². The molecule has 2 aliphatic heterocycles. The zero-order chi connectivity index (χ0) is 28.2. The molecule has 0 radical (unpaired) electrons. The number of nitrogens with one attached hydrogen (secondary N) is 1. The second-order valence-corrected chi connectivity index (χ2v) is 13.5. The summed E-state index contributed by atoms with van der Waals surface area (Å²) in [5.41, 5.74) is 0.0314. The van der Waals surface area contributed by atoms with E-state index >= 15 is 0 Å². The number of nitrogens with zero attached hydrogens (tertiary/aromatic N) is 1. The molecule has 5 aliphatic rings. The number of piperidine rings is 1. The third-order valence-corrected chi connectivity index (χ3v) is 9.27. The van der Waals surface area contributed by atoms with Crippen LogP contribution in [0.25, 0.3) is 0 Å². The van der Waals surface area contributed by atoms with Gasteiger partial charge in [-0.3, -0.25) is 0 Å². The maximum absolute atomic E-state index is 13.6. The van der Waals surface area contributed by atoms with Gasteiger partial charge in [-0.05, 0) is 94.7 Å². The molecule has 0 aromatic heterocycles.